The lowest BCUT2D eigenvalue weighted by Gasteiger charge is -2.26. The third-order valence-electron chi connectivity index (χ3n) is 3.99. The summed E-state index contributed by atoms with van der Waals surface area (Å²) in [5.74, 6) is -0.414. The maximum Gasteiger partial charge on any atom is 0.247 e. The van der Waals surface area contributed by atoms with Gasteiger partial charge in [-0.25, -0.2) is 12.8 Å². The number of hydrogen-bond donors (Lipinski definition) is 0. The summed E-state index contributed by atoms with van der Waals surface area (Å²) in [6, 6.07) is 4.74. The number of hydrogen-bond acceptors (Lipinski definition) is 4. The van der Waals surface area contributed by atoms with Gasteiger partial charge in [-0.3, -0.25) is 4.79 Å². The number of benzene rings is 1. The molecule has 1 aromatic carbocycles. The van der Waals surface area contributed by atoms with Crippen LogP contribution >= 0.6 is 11.8 Å². The zero-order chi connectivity index (χ0) is 15.9. The average molecular weight is 344 g/mol. The predicted octanol–water partition coefficient (Wildman–Crippen LogP) is 1.51. The van der Waals surface area contributed by atoms with Crippen LogP contribution in [0.5, 0.6) is 0 Å². The van der Waals surface area contributed by atoms with Crippen molar-refractivity contribution in [2.45, 2.75) is 29.8 Å². The average Bonchev–Trinajstić information content (AvgIpc) is 3.22. The highest BCUT2D eigenvalue weighted by Gasteiger charge is 2.44. The summed E-state index contributed by atoms with van der Waals surface area (Å²) < 4.78 is 40.3. The van der Waals surface area contributed by atoms with Crippen molar-refractivity contribution in [3.05, 3.63) is 30.1 Å². The highest BCUT2D eigenvalue weighted by Crippen LogP contribution is 2.32. The van der Waals surface area contributed by atoms with Crippen molar-refractivity contribution in [1.29, 1.82) is 0 Å². The quantitative estimate of drug-likeness (QED) is 0.831. The minimum Gasteiger partial charge on any atom is -0.341 e. The van der Waals surface area contributed by atoms with E-state index in [4.69, 9.17) is 0 Å². The molecule has 22 heavy (non-hydrogen) atoms. The van der Waals surface area contributed by atoms with Gasteiger partial charge in [-0.15, -0.1) is 11.8 Å². The summed E-state index contributed by atoms with van der Waals surface area (Å²) in [7, 11) is -2.31. The second kappa shape index (κ2) is 5.82. The number of halogens is 1. The van der Waals surface area contributed by atoms with Crippen molar-refractivity contribution in [2.75, 3.05) is 18.7 Å². The van der Waals surface area contributed by atoms with E-state index in [1.165, 1.54) is 30.0 Å². The molecule has 1 aliphatic heterocycles. The largest absolute Gasteiger partial charge is 0.341 e. The second-order valence-electron chi connectivity index (χ2n) is 5.52. The van der Waals surface area contributed by atoms with Crippen LogP contribution in [0.15, 0.2) is 29.2 Å². The van der Waals surface area contributed by atoms with Gasteiger partial charge in [-0.05, 0) is 25.0 Å². The number of carbonyl (C=O) groups is 1. The summed E-state index contributed by atoms with van der Waals surface area (Å²) in [5, 5.41) is 0. The third-order valence-corrected chi connectivity index (χ3v) is 7.06. The molecule has 1 atom stereocenters. The maximum absolute atomic E-state index is 13.9. The van der Waals surface area contributed by atoms with Crippen LogP contribution in [0.2, 0.25) is 0 Å². The van der Waals surface area contributed by atoms with Crippen LogP contribution in [0.3, 0.4) is 0 Å². The molecule has 0 aromatic heterocycles. The van der Waals surface area contributed by atoms with Crippen molar-refractivity contribution < 1.29 is 17.6 Å². The molecular weight excluding hydrogens is 327 g/mol. The van der Waals surface area contributed by atoms with Gasteiger partial charge in [0.1, 0.15) is 16.8 Å². The molecule has 8 heteroatoms. The van der Waals surface area contributed by atoms with Gasteiger partial charge in [0.2, 0.25) is 15.9 Å². The van der Waals surface area contributed by atoms with Gasteiger partial charge < -0.3 is 4.90 Å². The lowest BCUT2D eigenvalue weighted by molar-refractivity contribution is -0.133. The molecule has 120 valence electrons. The fourth-order valence-electron chi connectivity index (χ4n) is 2.52. The Morgan fingerprint density at radius 1 is 1.36 bits per heavy atom. The van der Waals surface area contributed by atoms with Crippen molar-refractivity contribution in [3.8, 4) is 0 Å². The molecule has 0 bridgehead atoms. The van der Waals surface area contributed by atoms with Crippen LogP contribution in [0.25, 0.3) is 0 Å². The summed E-state index contributed by atoms with van der Waals surface area (Å²) >= 11 is 1.37. The van der Waals surface area contributed by atoms with Gasteiger partial charge in [0.25, 0.3) is 0 Å². The van der Waals surface area contributed by atoms with Crippen molar-refractivity contribution in [2.24, 2.45) is 0 Å². The fraction of sp³-hybridized carbons (Fsp3) is 0.500. The molecule has 2 fully saturated rings. The molecule has 1 amide bonds. The number of amides is 1. The van der Waals surface area contributed by atoms with Crippen molar-refractivity contribution >= 4 is 27.7 Å². The minimum absolute atomic E-state index is 0.172. The van der Waals surface area contributed by atoms with Crippen LogP contribution in [-0.4, -0.2) is 54.3 Å². The van der Waals surface area contributed by atoms with E-state index in [2.05, 4.69) is 0 Å². The number of rotatable bonds is 4. The first kappa shape index (κ1) is 15.8. The summed E-state index contributed by atoms with van der Waals surface area (Å²) in [6.45, 7) is 0. The molecule has 0 N–H and O–H groups in total. The van der Waals surface area contributed by atoms with E-state index < -0.39 is 21.9 Å². The number of carbonyl (C=O) groups excluding carboxylic acids is 1. The zero-order valence-electron chi connectivity index (χ0n) is 12.1. The lowest BCUT2D eigenvalue weighted by Crippen LogP contribution is -2.48. The number of sulfonamides is 1. The number of likely N-dealkylation sites (N-methyl/N-ethyl adjacent to an activating group) is 1. The second-order valence-corrected chi connectivity index (χ2v) is 8.38. The van der Waals surface area contributed by atoms with Crippen molar-refractivity contribution in [1.82, 2.24) is 9.21 Å². The maximum atomic E-state index is 13.9. The van der Waals surface area contributed by atoms with E-state index in [0.29, 0.717) is 5.75 Å². The van der Waals surface area contributed by atoms with Gasteiger partial charge in [0.05, 0.1) is 5.88 Å². The SMILES string of the molecule is CN(C(=O)C1CSCN1S(=O)(=O)c1ccccc1F)C1CC1. The zero-order valence-corrected chi connectivity index (χ0v) is 13.7. The van der Waals surface area contributed by atoms with E-state index >= 15 is 0 Å². The molecule has 0 radical (unpaired) electrons. The molecule has 1 saturated heterocycles. The molecule has 1 saturated carbocycles. The van der Waals surface area contributed by atoms with Gasteiger partial charge in [-0.1, -0.05) is 12.1 Å². The molecule has 0 spiro atoms. The molecule has 3 rings (SSSR count). The normalized spacial score (nSPS) is 22.7. The first-order chi connectivity index (χ1) is 10.4. The van der Waals surface area contributed by atoms with Gasteiger partial charge in [-0.2, -0.15) is 4.31 Å². The number of thioether (sulfide) groups is 1. The predicted molar refractivity (Wildman–Crippen MR) is 82.3 cm³/mol. The Kier molecular flexibility index (Phi) is 4.17. The first-order valence-electron chi connectivity index (χ1n) is 7.03. The van der Waals surface area contributed by atoms with E-state index in [1.807, 2.05) is 0 Å². The molecular formula is C14H17FN2O3S2. The Labute approximate surface area is 133 Å². The first-order valence-corrected chi connectivity index (χ1v) is 9.63. The van der Waals surface area contributed by atoms with Gasteiger partial charge in [0, 0.05) is 18.8 Å². The molecule has 1 aromatic rings. The Balaban J connectivity index is 1.89. The monoisotopic (exact) mass is 344 g/mol. The lowest BCUT2D eigenvalue weighted by atomic mass is 10.3. The smallest absolute Gasteiger partial charge is 0.247 e. The van der Waals surface area contributed by atoms with Crippen LogP contribution in [0.4, 0.5) is 4.39 Å². The summed E-state index contributed by atoms with van der Waals surface area (Å²) in [6.07, 6.45) is 1.92. The topological polar surface area (TPSA) is 57.7 Å². The molecule has 1 aliphatic carbocycles. The summed E-state index contributed by atoms with van der Waals surface area (Å²) in [4.78, 5) is 13.8. The van der Waals surface area contributed by atoms with Crippen LogP contribution in [-0.2, 0) is 14.8 Å². The highest BCUT2D eigenvalue weighted by atomic mass is 32.2. The van der Waals surface area contributed by atoms with Crippen molar-refractivity contribution in [3.63, 3.8) is 0 Å². The molecule has 1 heterocycles. The summed E-state index contributed by atoms with van der Waals surface area (Å²) in [5.41, 5.74) is 0. The van der Waals surface area contributed by atoms with Gasteiger partial charge in [0.15, 0.2) is 0 Å². The van der Waals surface area contributed by atoms with E-state index in [-0.39, 0.29) is 22.7 Å². The van der Waals surface area contributed by atoms with Gasteiger partial charge >= 0.3 is 0 Å². The standard InChI is InChI=1S/C14H17FN2O3S2/c1-16(10-6-7-10)14(18)12-8-21-9-17(12)22(19,20)13-5-3-2-4-11(13)15/h2-5,10,12H,6-9H2,1H3. The molecule has 2 aliphatic rings. The van der Waals surface area contributed by atoms with Crippen LogP contribution < -0.4 is 0 Å². The fourth-order valence-corrected chi connectivity index (χ4v) is 5.72. The Bertz CT molecular complexity index is 691. The molecule has 1 unspecified atom stereocenters. The van der Waals surface area contributed by atoms with E-state index in [1.54, 1.807) is 11.9 Å². The molecule has 5 nitrogen and oxygen atoms in total. The Hall–Kier alpha value is -1.12. The Morgan fingerprint density at radius 2 is 2.05 bits per heavy atom. The van der Waals surface area contributed by atoms with E-state index in [9.17, 15) is 17.6 Å². The Morgan fingerprint density at radius 3 is 2.68 bits per heavy atom. The van der Waals surface area contributed by atoms with Crippen LogP contribution in [0, 0.1) is 5.82 Å². The van der Waals surface area contributed by atoms with E-state index in [0.717, 1.165) is 23.2 Å². The van der Waals surface area contributed by atoms with Crippen LogP contribution in [0.1, 0.15) is 12.8 Å². The number of nitrogens with zero attached hydrogens (tertiary/aromatic N) is 2. The highest BCUT2D eigenvalue weighted by molar-refractivity contribution is 8.00. The minimum atomic E-state index is -4.01. The third kappa shape index (κ3) is 2.75.